The largest absolute Gasteiger partial charge is 0.354 e. The van der Waals surface area contributed by atoms with Crippen molar-refractivity contribution in [2.75, 3.05) is 23.3 Å². The molecule has 2 aromatic heterocycles. The van der Waals surface area contributed by atoms with Gasteiger partial charge in [-0.2, -0.15) is 5.10 Å². The van der Waals surface area contributed by atoms with Crippen LogP contribution in [0.4, 0.5) is 11.5 Å². The number of hydrogen-bond acceptors (Lipinski definition) is 5. The number of aromatic nitrogens is 4. The molecule has 3 heterocycles. The van der Waals surface area contributed by atoms with Gasteiger partial charge in [0, 0.05) is 31.2 Å². The topological polar surface area (TPSA) is 75.9 Å². The fraction of sp³-hybridized carbons (Fsp3) is 0.263. The van der Waals surface area contributed by atoms with E-state index in [0.29, 0.717) is 12.4 Å². The summed E-state index contributed by atoms with van der Waals surface area (Å²) in [6.07, 6.45) is 5.37. The van der Waals surface area contributed by atoms with Crippen molar-refractivity contribution >= 4 is 17.4 Å². The monoisotopic (exact) mass is 348 g/mol. The highest BCUT2D eigenvalue weighted by atomic mass is 16.1. The van der Waals surface area contributed by atoms with Crippen LogP contribution >= 0.6 is 0 Å². The van der Waals surface area contributed by atoms with Crippen LogP contribution in [0.3, 0.4) is 0 Å². The van der Waals surface area contributed by atoms with Crippen molar-refractivity contribution in [3.8, 4) is 5.82 Å². The molecular weight excluding hydrogens is 328 g/mol. The van der Waals surface area contributed by atoms with Gasteiger partial charge in [0.2, 0.25) is 5.91 Å². The van der Waals surface area contributed by atoms with Crippen LogP contribution in [0, 0.1) is 5.92 Å². The van der Waals surface area contributed by atoms with E-state index in [1.807, 2.05) is 54.7 Å². The highest BCUT2D eigenvalue weighted by Gasteiger charge is 2.26. The summed E-state index contributed by atoms with van der Waals surface area (Å²) < 4.78 is 1.67. The quantitative estimate of drug-likeness (QED) is 0.784. The normalized spacial score (nSPS) is 17.1. The molecule has 132 valence electrons. The van der Waals surface area contributed by atoms with E-state index in [1.165, 1.54) is 0 Å². The fourth-order valence-electron chi connectivity index (χ4n) is 3.18. The standard InChI is InChI=1S/C19H20N6O/c26-19(21-16-7-2-1-3-8-16)15-6-4-12-24(14-15)17-9-10-18(23-22-17)25-13-5-11-20-25/h1-3,5,7-11,13,15H,4,6,12,14H2,(H,21,26)/t15-/m0/s1. The minimum absolute atomic E-state index is 0.0574. The molecule has 1 N–H and O–H groups in total. The van der Waals surface area contributed by atoms with Crippen LogP contribution in [-0.4, -0.2) is 39.0 Å². The van der Waals surface area contributed by atoms with Gasteiger partial charge in [-0.1, -0.05) is 18.2 Å². The highest BCUT2D eigenvalue weighted by molar-refractivity contribution is 5.93. The first-order valence-corrected chi connectivity index (χ1v) is 8.74. The number of amides is 1. The van der Waals surface area contributed by atoms with Gasteiger partial charge < -0.3 is 10.2 Å². The summed E-state index contributed by atoms with van der Waals surface area (Å²) >= 11 is 0. The molecule has 1 fully saturated rings. The van der Waals surface area contributed by atoms with Gasteiger partial charge in [0.25, 0.3) is 0 Å². The van der Waals surface area contributed by atoms with Crippen LogP contribution in [0.25, 0.3) is 5.82 Å². The van der Waals surface area contributed by atoms with E-state index in [0.717, 1.165) is 30.9 Å². The lowest BCUT2D eigenvalue weighted by Crippen LogP contribution is -2.41. The molecule has 0 saturated carbocycles. The number of nitrogens with zero attached hydrogens (tertiary/aromatic N) is 5. The number of anilines is 2. The number of para-hydroxylation sites is 1. The summed E-state index contributed by atoms with van der Waals surface area (Å²) in [6, 6.07) is 15.2. The minimum Gasteiger partial charge on any atom is -0.354 e. The third kappa shape index (κ3) is 3.56. The zero-order chi connectivity index (χ0) is 17.8. The van der Waals surface area contributed by atoms with Gasteiger partial charge in [-0.25, -0.2) is 4.68 Å². The van der Waals surface area contributed by atoms with Crippen LogP contribution in [-0.2, 0) is 4.79 Å². The van der Waals surface area contributed by atoms with Crippen LogP contribution in [0.1, 0.15) is 12.8 Å². The number of hydrogen-bond donors (Lipinski definition) is 1. The molecule has 0 spiro atoms. The van der Waals surface area contributed by atoms with Gasteiger partial charge >= 0.3 is 0 Å². The lowest BCUT2D eigenvalue weighted by Gasteiger charge is -2.32. The molecule has 1 aliphatic rings. The lowest BCUT2D eigenvalue weighted by molar-refractivity contribution is -0.120. The summed E-state index contributed by atoms with van der Waals surface area (Å²) in [6.45, 7) is 1.53. The van der Waals surface area contributed by atoms with Crippen LogP contribution < -0.4 is 10.2 Å². The Kier molecular flexibility index (Phi) is 4.59. The Morgan fingerprint density at radius 3 is 2.58 bits per heavy atom. The van der Waals surface area contributed by atoms with Gasteiger partial charge in [-0.05, 0) is 43.2 Å². The van der Waals surface area contributed by atoms with Gasteiger partial charge in [0.05, 0.1) is 5.92 Å². The molecule has 4 rings (SSSR count). The highest BCUT2D eigenvalue weighted by Crippen LogP contribution is 2.23. The van der Waals surface area contributed by atoms with E-state index in [4.69, 9.17) is 0 Å². The number of carbonyl (C=O) groups excluding carboxylic acids is 1. The Morgan fingerprint density at radius 2 is 1.85 bits per heavy atom. The van der Waals surface area contributed by atoms with Crippen molar-refractivity contribution in [1.82, 2.24) is 20.0 Å². The maximum Gasteiger partial charge on any atom is 0.229 e. The Morgan fingerprint density at radius 1 is 1.04 bits per heavy atom. The predicted molar refractivity (Wildman–Crippen MR) is 99.2 cm³/mol. The summed E-state index contributed by atoms with van der Waals surface area (Å²) in [7, 11) is 0. The second-order valence-corrected chi connectivity index (χ2v) is 6.34. The zero-order valence-electron chi connectivity index (χ0n) is 14.3. The Hall–Kier alpha value is -3.22. The molecule has 1 atom stereocenters. The van der Waals surface area contributed by atoms with Crippen molar-refractivity contribution < 1.29 is 4.79 Å². The maximum atomic E-state index is 12.6. The van der Waals surface area contributed by atoms with Crippen molar-refractivity contribution in [1.29, 1.82) is 0 Å². The number of benzene rings is 1. The number of piperidine rings is 1. The first kappa shape index (κ1) is 16.3. The summed E-state index contributed by atoms with van der Waals surface area (Å²) in [5.74, 6) is 1.46. The molecule has 0 bridgehead atoms. The molecule has 1 amide bonds. The number of carbonyl (C=O) groups is 1. The fourth-order valence-corrected chi connectivity index (χ4v) is 3.18. The van der Waals surface area contributed by atoms with Crippen molar-refractivity contribution in [2.24, 2.45) is 5.92 Å². The smallest absolute Gasteiger partial charge is 0.229 e. The summed E-state index contributed by atoms with van der Waals surface area (Å²) in [4.78, 5) is 14.7. The van der Waals surface area contributed by atoms with E-state index in [9.17, 15) is 4.79 Å². The van der Waals surface area contributed by atoms with Gasteiger partial charge in [-0.3, -0.25) is 4.79 Å². The molecule has 0 unspecified atom stereocenters. The molecule has 0 radical (unpaired) electrons. The van der Waals surface area contributed by atoms with Crippen LogP contribution in [0.15, 0.2) is 60.9 Å². The molecule has 26 heavy (non-hydrogen) atoms. The van der Waals surface area contributed by atoms with Gasteiger partial charge in [0.1, 0.15) is 0 Å². The molecule has 3 aromatic rings. The molecular formula is C19H20N6O. The van der Waals surface area contributed by atoms with E-state index in [1.54, 1.807) is 10.9 Å². The predicted octanol–water partition coefficient (Wildman–Crippen LogP) is 2.52. The Balaban J connectivity index is 1.42. The van der Waals surface area contributed by atoms with Crippen molar-refractivity contribution in [2.45, 2.75) is 12.8 Å². The second kappa shape index (κ2) is 7.35. The third-order valence-corrected chi connectivity index (χ3v) is 4.53. The van der Waals surface area contributed by atoms with Crippen molar-refractivity contribution in [3.05, 3.63) is 60.9 Å². The minimum atomic E-state index is -0.0588. The molecule has 0 aliphatic carbocycles. The summed E-state index contributed by atoms with van der Waals surface area (Å²) in [5.41, 5.74) is 0.831. The van der Waals surface area contributed by atoms with E-state index in [-0.39, 0.29) is 11.8 Å². The van der Waals surface area contributed by atoms with Gasteiger partial charge in [0.15, 0.2) is 11.6 Å². The maximum absolute atomic E-state index is 12.6. The van der Waals surface area contributed by atoms with E-state index < -0.39 is 0 Å². The van der Waals surface area contributed by atoms with E-state index >= 15 is 0 Å². The van der Waals surface area contributed by atoms with Crippen LogP contribution in [0.5, 0.6) is 0 Å². The molecule has 7 nitrogen and oxygen atoms in total. The lowest BCUT2D eigenvalue weighted by atomic mass is 9.97. The van der Waals surface area contributed by atoms with Gasteiger partial charge in [-0.15, -0.1) is 10.2 Å². The first-order valence-electron chi connectivity index (χ1n) is 8.74. The first-order chi connectivity index (χ1) is 12.8. The molecule has 7 heteroatoms. The second-order valence-electron chi connectivity index (χ2n) is 6.34. The van der Waals surface area contributed by atoms with Crippen molar-refractivity contribution in [3.63, 3.8) is 0 Å². The van der Waals surface area contributed by atoms with E-state index in [2.05, 4.69) is 25.5 Å². The average molecular weight is 348 g/mol. The molecule has 1 aromatic carbocycles. The Labute approximate surface area is 151 Å². The summed E-state index contributed by atoms with van der Waals surface area (Å²) in [5, 5.41) is 15.7. The average Bonchev–Trinajstić information content (AvgIpc) is 3.24. The Bertz CT molecular complexity index is 848. The SMILES string of the molecule is O=C(Nc1ccccc1)[C@H]1CCCN(c2ccc(-n3cccn3)nn2)C1. The molecule has 1 saturated heterocycles. The third-order valence-electron chi connectivity index (χ3n) is 4.53. The molecule has 1 aliphatic heterocycles. The number of nitrogens with one attached hydrogen (secondary N) is 1. The number of rotatable bonds is 4. The zero-order valence-corrected chi connectivity index (χ0v) is 14.3. The van der Waals surface area contributed by atoms with Crippen LogP contribution in [0.2, 0.25) is 0 Å².